The molecule has 2 nitrogen and oxygen atoms in total. The standard InChI is InChI=1S/C6H13O2/c1-5(2)4-6(3)8-7/h5-6H,4H2,1-3H3. The Morgan fingerprint density at radius 2 is 1.88 bits per heavy atom. The zero-order chi connectivity index (χ0) is 6.57. The van der Waals surface area contributed by atoms with Crippen LogP contribution in [-0.4, -0.2) is 6.10 Å². The molecule has 0 aliphatic heterocycles. The molecular weight excluding hydrogens is 104 g/mol. The number of rotatable bonds is 3. The Kier molecular flexibility index (Phi) is 3.83. The van der Waals surface area contributed by atoms with Gasteiger partial charge in [-0.05, 0) is 24.5 Å². The van der Waals surface area contributed by atoms with E-state index in [1.54, 1.807) is 6.92 Å². The maximum absolute atomic E-state index is 9.67. The highest BCUT2D eigenvalue weighted by atomic mass is 17.1. The quantitative estimate of drug-likeness (QED) is 0.409. The second-order valence-electron chi connectivity index (χ2n) is 2.54. The van der Waals surface area contributed by atoms with Gasteiger partial charge in [0.05, 0.1) is 6.10 Å². The van der Waals surface area contributed by atoms with Crippen LogP contribution in [0.3, 0.4) is 0 Å². The van der Waals surface area contributed by atoms with Crippen LogP contribution in [0, 0.1) is 5.92 Å². The second-order valence-corrected chi connectivity index (χ2v) is 2.54. The third kappa shape index (κ3) is 4.09. The van der Waals surface area contributed by atoms with Gasteiger partial charge in [0.1, 0.15) is 0 Å². The lowest BCUT2D eigenvalue weighted by Gasteiger charge is -2.06. The van der Waals surface area contributed by atoms with E-state index in [4.69, 9.17) is 0 Å². The van der Waals surface area contributed by atoms with Crippen LogP contribution in [-0.2, 0) is 10.1 Å². The van der Waals surface area contributed by atoms with Gasteiger partial charge in [-0.1, -0.05) is 13.8 Å². The molecule has 49 valence electrons. The van der Waals surface area contributed by atoms with Gasteiger partial charge in [0.25, 0.3) is 0 Å². The second kappa shape index (κ2) is 3.87. The summed E-state index contributed by atoms with van der Waals surface area (Å²) in [5, 5.41) is 9.67. The Balaban J connectivity index is 3.10. The summed E-state index contributed by atoms with van der Waals surface area (Å²) in [5.41, 5.74) is 0. The van der Waals surface area contributed by atoms with Gasteiger partial charge in [-0.2, -0.15) is 0 Å². The third-order valence-corrected chi connectivity index (χ3v) is 0.968. The first-order valence-electron chi connectivity index (χ1n) is 2.95. The molecule has 0 rings (SSSR count). The average Bonchev–Trinajstić information content (AvgIpc) is 1.65. The summed E-state index contributed by atoms with van der Waals surface area (Å²) in [6.07, 6.45) is 0.721. The van der Waals surface area contributed by atoms with Crippen LogP contribution in [0.1, 0.15) is 27.2 Å². The van der Waals surface area contributed by atoms with Gasteiger partial charge >= 0.3 is 0 Å². The summed E-state index contributed by atoms with van der Waals surface area (Å²) in [6, 6.07) is 0. The molecule has 0 fully saturated rings. The largest absolute Gasteiger partial charge is 0.201 e. The van der Waals surface area contributed by atoms with Crippen LogP contribution < -0.4 is 0 Å². The molecule has 0 amide bonds. The normalized spacial score (nSPS) is 14.6. The molecule has 0 aliphatic rings. The van der Waals surface area contributed by atoms with Crippen molar-refractivity contribution < 1.29 is 10.1 Å². The van der Waals surface area contributed by atoms with Gasteiger partial charge in [-0.3, -0.25) is 0 Å². The Hall–Kier alpha value is -0.0800. The lowest BCUT2D eigenvalue weighted by atomic mass is 10.1. The van der Waals surface area contributed by atoms with Crippen molar-refractivity contribution in [2.75, 3.05) is 0 Å². The van der Waals surface area contributed by atoms with Crippen LogP contribution in [0.15, 0.2) is 0 Å². The Labute approximate surface area is 50.4 Å². The molecule has 0 N–H and O–H groups in total. The maximum atomic E-state index is 9.67. The number of hydrogen-bond donors (Lipinski definition) is 0. The minimum absolute atomic E-state index is 0.130. The molecule has 8 heavy (non-hydrogen) atoms. The molecule has 1 radical (unpaired) electrons. The summed E-state index contributed by atoms with van der Waals surface area (Å²) in [7, 11) is 0. The monoisotopic (exact) mass is 117 g/mol. The lowest BCUT2D eigenvalue weighted by Crippen LogP contribution is -2.07. The van der Waals surface area contributed by atoms with Crippen LogP contribution in [0.4, 0.5) is 0 Å². The van der Waals surface area contributed by atoms with E-state index in [1.807, 2.05) is 0 Å². The number of hydrogen-bond acceptors (Lipinski definition) is 1. The van der Waals surface area contributed by atoms with Gasteiger partial charge in [-0.25, -0.2) is 4.89 Å². The molecule has 0 bridgehead atoms. The van der Waals surface area contributed by atoms with Gasteiger partial charge in [0, 0.05) is 0 Å². The summed E-state index contributed by atoms with van der Waals surface area (Å²) in [6.45, 7) is 5.91. The smallest absolute Gasteiger partial charge is 0.0936 e. The Morgan fingerprint density at radius 1 is 1.38 bits per heavy atom. The minimum atomic E-state index is -0.130. The fraction of sp³-hybridized carbons (Fsp3) is 1.00. The molecule has 0 aromatic rings. The maximum Gasteiger partial charge on any atom is 0.0936 e. The SMILES string of the molecule is CC(C)CC(C)O[O]. The van der Waals surface area contributed by atoms with Crippen LogP contribution >= 0.6 is 0 Å². The molecule has 0 saturated heterocycles. The first-order chi connectivity index (χ1) is 3.66. The molecule has 1 unspecified atom stereocenters. The van der Waals surface area contributed by atoms with Crippen molar-refractivity contribution in [2.24, 2.45) is 5.92 Å². The predicted molar refractivity (Wildman–Crippen MR) is 30.7 cm³/mol. The van der Waals surface area contributed by atoms with Crippen LogP contribution in [0.5, 0.6) is 0 Å². The van der Waals surface area contributed by atoms with E-state index < -0.39 is 0 Å². The molecule has 0 aromatic heterocycles. The van der Waals surface area contributed by atoms with Crippen molar-refractivity contribution in [3.8, 4) is 0 Å². The highest BCUT2D eigenvalue weighted by Crippen LogP contribution is 2.05. The predicted octanol–water partition coefficient (Wildman–Crippen LogP) is 1.78. The molecule has 2 heteroatoms. The van der Waals surface area contributed by atoms with E-state index in [2.05, 4.69) is 18.7 Å². The van der Waals surface area contributed by atoms with Crippen LogP contribution in [0.25, 0.3) is 0 Å². The first-order valence-corrected chi connectivity index (χ1v) is 2.95. The van der Waals surface area contributed by atoms with Crippen molar-refractivity contribution in [3.05, 3.63) is 0 Å². The van der Waals surface area contributed by atoms with E-state index in [9.17, 15) is 5.26 Å². The van der Waals surface area contributed by atoms with Gasteiger partial charge in [-0.15, -0.1) is 0 Å². The lowest BCUT2D eigenvalue weighted by molar-refractivity contribution is -0.333. The third-order valence-electron chi connectivity index (χ3n) is 0.968. The minimum Gasteiger partial charge on any atom is -0.201 e. The summed E-state index contributed by atoms with van der Waals surface area (Å²) in [5.74, 6) is 0.555. The highest BCUT2D eigenvalue weighted by molar-refractivity contribution is 4.50. The van der Waals surface area contributed by atoms with Gasteiger partial charge in [0.15, 0.2) is 0 Å². The van der Waals surface area contributed by atoms with E-state index in [0.717, 1.165) is 6.42 Å². The van der Waals surface area contributed by atoms with Crippen molar-refractivity contribution in [1.29, 1.82) is 0 Å². The molecule has 0 aromatic carbocycles. The molecular formula is C6H13O2. The fourth-order valence-corrected chi connectivity index (χ4v) is 0.703. The molecule has 0 spiro atoms. The molecule has 0 saturated carbocycles. The zero-order valence-electron chi connectivity index (χ0n) is 5.68. The Bertz CT molecular complexity index is 52.5. The Morgan fingerprint density at radius 3 is 2.00 bits per heavy atom. The van der Waals surface area contributed by atoms with Crippen molar-refractivity contribution >= 4 is 0 Å². The molecule has 0 aliphatic carbocycles. The van der Waals surface area contributed by atoms with Crippen molar-refractivity contribution in [2.45, 2.75) is 33.3 Å². The fourth-order valence-electron chi connectivity index (χ4n) is 0.703. The molecule has 0 heterocycles. The summed E-state index contributed by atoms with van der Waals surface area (Å²) >= 11 is 0. The van der Waals surface area contributed by atoms with E-state index in [0.29, 0.717) is 5.92 Å². The van der Waals surface area contributed by atoms with Crippen molar-refractivity contribution in [3.63, 3.8) is 0 Å². The summed E-state index contributed by atoms with van der Waals surface area (Å²) in [4.78, 5) is 3.81. The highest BCUT2D eigenvalue weighted by Gasteiger charge is 2.03. The van der Waals surface area contributed by atoms with Gasteiger partial charge in [0.2, 0.25) is 0 Å². The van der Waals surface area contributed by atoms with E-state index >= 15 is 0 Å². The topological polar surface area (TPSA) is 29.1 Å². The van der Waals surface area contributed by atoms with Gasteiger partial charge < -0.3 is 0 Å². The zero-order valence-corrected chi connectivity index (χ0v) is 5.68. The van der Waals surface area contributed by atoms with Crippen molar-refractivity contribution in [1.82, 2.24) is 0 Å². The van der Waals surface area contributed by atoms with Crippen LogP contribution in [0.2, 0.25) is 0 Å². The summed E-state index contributed by atoms with van der Waals surface area (Å²) < 4.78 is 0. The average molecular weight is 117 g/mol. The first kappa shape index (κ1) is 7.92. The van der Waals surface area contributed by atoms with E-state index in [-0.39, 0.29) is 6.10 Å². The molecule has 1 atom stereocenters. The van der Waals surface area contributed by atoms with E-state index in [1.165, 1.54) is 0 Å².